The van der Waals surface area contributed by atoms with Crippen molar-refractivity contribution in [3.63, 3.8) is 0 Å². The van der Waals surface area contributed by atoms with Crippen LogP contribution in [-0.2, 0) is 6.42 Å². The molecule has 0 saturated heterocycles. The van der Waals surface area contributed by atoms with E-state index >= 15 is 0 Å². The van der Waals surface area contributed by atoms with Crippen molar-refractivity contribution >= 4 is 17.3 Å². The highest BCUT2D eigenvalue weighted by atomic mass is 16.2. The van der Waals surface area contributed by atoms with E-state index in [0.717, 1.165) is 18.7 Å². The Morgan fingerprint density at radius 3 is 2.95 bits per heavy atom. The number of carbonyl (C=O) groups excluding carboxylic acids is 1. The standard InChI is InChI=1S/C14H14N4O2/c1-18-7-6-9-8-10(2-4-12(9)18)15-14(20)11-3-5-13(19)17-16-11/h2-5,8H,6-7H2,1H3,(H,15,20)(H,17,19). The summed E-state index contributed by atoms with van der Waals surface area (Å²) in [7, 11) is 2.05. The first-order valence-electron chi connectivity index (χ1n) is 6.34. The lowest BCUT2D eigenvalue weighted by molar-refractivity contribution is 0.102. The topological polar surface area (TPSA) is 78.1 Å². The predicted octanol–water partition coefficient (Wildman–Crippen LogP) is 1.01. The summed E-state index contributed by atoms with van der Waals surface area (Å²) < 4.78 is 0. The van der Waals surface area contributed by atoms with E-state index in [2.05, 4.69) is 20.4 Å². The minimum Gasteiger partial charge on any atom is -0.374 e. The quantitative estimate of drug-likeness (QED) is 0.854. The summed E-state index contributed by atoms with van der Waals surface area (Å²) in [5.41, 5.74) is 3.01. The van der Waals surface area contributed by atoms with Crippen LogP contribution >= 0.6 is 0 Å². The van der Waals surface area contributed by atoms with Crippen LogP contribution in [0.15, 0.2) is 35.1 Å². The second kappa shape index (κ2) is 4.80. The van der Waals surface area contributed by atoms with Crippen LogP contribution in [0.25, 0.3) is 0 Å². The Balaban J connectivity index is 1.80. The third-order valence-corrected chi connectivity index (χ3v) is 3.38. The van der Waals surface area contributed by atoms with Crippen LogP contribution in [0.4, 0.5) is 11.4 Å². The lowest BCUT2D eigenvalue weighted by atomic mass is 10.1. The molecule has 1 amide bonds. The number of hydrogen-bond donors (Lipinski definition) is 2. The van der Waals surface area contributed by atoms with E-state index in [0.29, 0.717) is 0 Å². The number of aromatic amines is 1. The van der Waals surface area contributed by atoms with Gasteiger partial charge in [0, 0.05) is 31.0 Å². The van der Waals surface area contributed by atoms with Crippen molar-refractivity contribution in [1.82, 2.24) is 10.2 Å². The van der Waals surface area contributed by atoms with Crippen molar-refractivity contribution < 1.29 is 4.79 Å². The van der Waals surface area contributed by atoms with Crippen molar-refractivity contribution in [3.05, 3.63) is 51.9 Å². The van der Waals surface area contributed by atoms with E-state index < -0.39 is 0 Å². The molecule has 6 heteroatoms. The number of likely N-dealkylation sites (N-methyl/N-ethyl adjacent to an activating group) is 1. The van der Waals surface area contributed by atoms with E-state index in [1.807, 2.05) is 25.2 Å². The third kappa shape index (κ3) is 2.27. The molecule has 0 saturated carbocycles. The maximum atomic E-state index is 12.0. The van der Waals surface area contributed by atoms with Crippen LogP contribution in [0.3, 0.4) is 0 Å². The number of benzene rings is 1. The van der Waals surface area contributed by atoms with Crippen molar-refractivity contribution in [1.29, 1.82) is 0 Å². The minimum atomic E-state index is -0.340. The number of nitrogens with zero attached hydrogens (tertiary/aromatic N) is 2. The summed E-state index contributed by atoms with van der Waals surface area (Å²) >= 11 is 0. The molecule has 0 unspecified atom stereocenters. The summed E-state index contributed by atoms with van der Waals surface area (Å²) in [4.78, 5) is 25.1. The van der Waals surface area contributed by atoms with Gasteiger partial charge in [0.1, 0.15) is 5.69 Å². The van der Waals surface area contributed by atoms with Gasteiger partial charge in [0.05, 0.1) is 0 Å². The molecule has 102 valence electrons. The van der Waals surface area contributed by atoms with Gasteiger partial charge in [-0.1, -0.05) is 0 Å². The lowest BCUT2D eigenvalue weighted by Gasteiger charge is -2.12. The molecular formula is C14H14N4O2. The normalized spacial score (nSPS) is 13.2. The highest BCUT2D eigenvalue weighted by Gasteiger charge is 2.16. The number of amides is 1. The molecule has 3 rings (SSSR count). The zero-order valence-electron chi connectivity index (χ0n) is 11.0. The summed E-state index contributed by atoms with van der Waals surface area (Å²) in [5.74, 6) is -0.340. The molecule has 1 aliphatic heterocycles. The maximum absolute atomic E-state index is 12.0. The second-order valence-corrected chi connectivity index (χ2v) is 4.78. The van der Waals surface area contributed by atoms with E-state index in [-0.39, 0.29) is 17.2 Å². The van der Waals surface area contributed by atoms with Crippen molar-refractivity contribution in [2.24, 2.45) is 0 Å². The summed E-state index contributed by atoms with van der Waals surface area (Å²) in [6, 6.07) is 8.51. The molecule has 0 aliphatic carbocycles. The highest BCUT2D eigenvalue weighted by Crippen LogP contribution is 2.29. The minimum absolute atomic E-state index is 0.183. The number of fused-ring (bicyclic) bond motifs is 1. The van der Waals surface area contributed by atoms with Gasteiger partial charge < -0.3 is 10.2 Å². The molecule has 0 fully saturated rings. The van der Waals surface area contributed by atoms with Crippen molar-refractivity contribution in [3.8, 4) is 0 Å². The molecule has 1 aromatic carbocycles. The number of carbonyl (C=O) groups is 1. The van der Waals surface area contributed by atoms with E-state index in [1.54, 1.807) is 0 Å². The SMILES string of the molecule is CN1CCc2cc(NC(=O)c3ccc(=O)[nH]n3)ccc21. The van der Waals surface area contributed by atoms with Crippen molar-refractivity contribution in [2.75, 3.05) is 23.8 Å². The largest absolute Gasteiger partial charge is 0.374 e. The molecule has 0 radical (unpaired) electrons. The fourth-order valence-electron chi connectivity index (χ4n) is 2.31. The van der Waals surface area contributed by atoms with Gasteiger partial charge in [-0.15, -0.1) is 0 Å². The number of rotatable bonds is 2. The van der Waals surface area contributed by atoms with E-state index in [1.165, 1.54) is 23.4 Å². The van der Waals surface area contributed by atoms with Gasteiger partial charge in [-0.3, -0.25) is 9.59 Å². The molecule has 0 bridgehead atoms. The third-order valence-electron chi connectivity index (χ3n) is 3.38. The Labute approximate surface area is 115 Å². The first kappa shape index (κ1) is 12.4. The van der Waals surface area contributed by atoms with Gasteiger partial charge in [0.2, 0.25) is 0 Å². The molecule has 6 nitrogen and oxygen atoms in total. The Morgan fingerprint density at radius 1 is 1.35 bits per heavy atom. The molecule has 20 heavy (non-hydrogen) atoms. The molecule has 1 aromatic heterocycles. The van der Waals surface area contributed by atoms with Crippen LogP contribution in [-0.4, -0.2) is 29.7 Å². The lowest BCUT2D eigenvalue weighted by Crippen LogP contribution is -2.17. The van der Waals surface area contributed by atoms with E-state index in [4.69, 9.17) is 0 Å². The van der Waals surface area contributed by atoms with Gasteiger partial charge in [-0.2, -0.15) is 5.10 Å². The first-order valence-corrected chi connectivity index (χ1v) is 6.34. The zero-order valence-corrected chi connectivity index (χ0v) is 11.0. The van der Waals surface area contributed by atoms with Crippen LogP contribution in [0.2, 0.25) is 0 Å². The van der Waals surface area contributed by atoms with Crippen LogP contribution in [0, 0.1) is 0 Å². The molecule has 0 atom stereocenters. The molecule has 2 heterocycles. The number of hydrogen-bond acceptors (Lipinski definition) is 4. The number of H-pyrrole nitrogens is 1. The van der Waals surface area contributed by atoms with Gasteiger partial charge in [0.25, 0.3) is 11.5 Å². The van der Waals surface area contributed by atoms with Crippen LogP contribution < -0.4 is 15.8 Å². The molecule has 0 spiro atoms. The number of anilines is 2. The zero-order chi connectivity index (χ0) is 14.1. The van der Waals surface area contributed by atoms with Crippen LogP contribution in [0.1, 0.15) is 16.1 Å². The van der Waals surface area contributed by atoms with Gasteiger partial charge in [-0.05, 0) is 36.2 Å². The fourth-order valence-corrected chi connectivity index (χ4v) is 2.31. The fraction of sp³-hybridized carbons (Fsp3) is 0.214. The second-order valence-electron chi connectivity index (χ2n) is 4.78. The average Bonchev–Trinajstić information content (AvgIpc) is 2.81. The van der Waals surface area contributed by atoms with Crippen molar-refractivity contribution in [2.45, 2.75) is 6.42 Å². The Bertz CT molecular complexity index is 703. The summed E-state index contributed by atoms with van der Waals surface area (Å²) in [6.07, 6.45) is 0.979. The Kier molecular flexibility index (Phi) is 2.98. The summed E-state index contributed by atoms with van der Waals surface area (Å²) in [5, 5.41) is 8.72. The average molecular weight is 270 g/mol. The molecule has 1 aliphatic rings. The maximum Gasteiger partial charge on any atom is 0.276 e. The first-order chi connectivity index (χ1) is 9.63. The summed E-state index contributed by atoms with van der Waals surface area (Å²) in [6.45, 7) is 0.994. The monoisotopic (exact) mass is 270 g/mol. The smallest absolute Gasteiger partial charge is 0.276 e. The van der Waals surface area contributed by atoms with E-state index in [9.17, 15) is 9.59 Å². The Morgan fingerprint density at radius 2 is 2.20 bits per heavy atom. The highest BCUT2D eigenvalue weighted by molar-refractivity contribution is 6.02. The molecular weight excluding hydrogens is 256 g/mol. The Hall–Kier alpha value is -2.63. The molecule has 2 N–H and O–H groups in total. The molecule has 2 aromatic rings. The number of nitrogens with one attached hydrogen (secondary N) is 2. The van der Waals surface area contributed by atoms with Gasteiger partial charge in [0.15, 0.2) is 0 Å². The predicted molar refractivity (Wildman–Crippen MR) is 76.2 cm³/mol. The van der Waals surface area contributed by atoms with Gasteiger partial charge >= 0.3 is 0 Å². The van der Waals surface area contributed by atoms with Crippen LogP contribution in [0.5, 0.6) is 0 Å². The number of aromatic nitrogens is 2. The van der Waals surface area contributed by atoms with Gasteiger partial charge in [-0.25, -0.2) is 5.10 Å².